The number of sulfonamides is 1. The van der Waals surface area contributed by atoms with Crippen molar-refractivity contribution in [1.82, 2.24) is 0 Å². The molecule has 5 nitrogen and oxygen atoms in total. The van der Waals surface area contributed by atoms with E-state index >= 15 is 0 Å². The molecule has 0 amide bonds. The maximum atomic E-state index is 11.9. The predicted octanol–water partition coefficient (Wildman–Crippen LogP) is 1.91. The lowest BCUT2D eigenvalue weighted by Crippen LogP contribution is -2.22. The maximum Gasteiger partial charge on any atom is 0.235 e. The minimum Gasteiger partial charge on any atom is -0.389 e. The fourth-order valence-corrected chi connectivity index (χ4v) is 2.50. The first-order valence-corrected chi connectivity index (χ1v) is 7.86. The third-order valence-electron chi connectivity index (χ3n) is 2.48. The lowest BCUT2D eigenvalue weighted by molar-refractivity contribution is 0.0913. The van der Waals surface area contributed by atoms with Crippen LogP contribution in [0.3, 0.4) is 0 Å². The van der Waals surface area contributed by atoms with Crippen molar-refractivity contribution < 1.29 is 18.3 Å². The number of aliphatic hydroxyl groups excluding tert-OH is 1. The quantitative estimate of drug-likeness (QED) is 0.803. The molecule has 1 aromatic carbocycles. The predicted molar refractivity (Wildman–Crippen MR) is 75.6 cm³/mol. The van der Waals surface area contributed by atoms with E-state index in [1.165, 1.54) is 0 Å². The summed E-state index contributed by atoms with van der Waals surface area (Å²) in [6.07, 6.45) is -0.731. The molecule has 1 rings (SSSR count). The van der Waals surface area contributed by atoms with E-state index in [4.69, 9.17) is 4.74 Å². The Morgan fingerprint density at radius 1 is 1.26 bits per heavy atom. The summed E-state index contributed by atoms with van der Waals surface area (Å²) in [6.45, 7) is 5.43. The molecule has 0 aliphatic heterocycles. The molecule has 108 valence electrons. The number of hydrogen-bond acceptors (Lipinski definition) is 4. The van der Waals surface area contributed by atoms with Crippen LogP contribution in [-0.4, -0.2) is 32.0 Å². The first-order valence-electron chi connectivity index (χ1n) is 6.21. The summed E-state index contributed by atoms with van der Waals surface area (Å²) in [6, 6.07) is 6.78. The van der Waals surface area contributed by atoms with Crippen LogP contribution in [0.5, 0.6) is 0 Å². The zero-order valence-electron chi connectivity index (χ0n) is 11.5. The van der Waals surface area contributed by atoms with E-state index in [9.17, 15) is 13.5 Å². The molecule has 0 saturated heterocycles. The number of anilines is 1. The highest BCUT2D eigenvalue weighted by molar-refractivity contribution is 7.92. The Morgan fingerprint density at radius 2 is 1.89 bits per heavy atom. The van der Waals surface area contributed by atoms with Gasteiger partial charge in [0.1, 0.15) is 0 Å². The summed E-state index contributed by atoms with van der Waals surface area (Å²) < 4.78 is 31.5. The van der Waals surface area contributed by atoms with E-state index in [0.29, 0.717) is 11.3 Å². The average Bonchev–Trinajstić information content (AvgIpc) is 2.27. The van der Waals surface area contributed by atoms with Crippen molar-refractivity contribution in [3.63, 3.8) is 0 Å². The molecule has 1 atom stereocenters. The van der Waals surface area contributed by atoms with E-state index in [1.807, 2.05) is 13.8 Å². The molecule has 0 spiro atoms. The van der Waals surface area contributed by atoms with E-state index in [1.54, 1.807) is 31.2 Å². The smallest absolute Gasteiger partial charge is 0.235 e. The van der Waals surface area contributed by atoms with Gasteiger partial charge >= 0.3 is 0 Å². The number of ether oxygens (including phenoxy) is 1. The number of nitrogens with one attached hydrogen (secondary N) is 1. The number of benzene rings is 1. The Hall–Kier alpha value is -1.11. The number of rotatable bonds is 7. The summed E-state index contributed by atoms with van der Waals surface area (Å²) in [5, 5.41) is 9.59. The van der Waals surface area contributed by atoms with E-state index in [2.05, 4.69) is 4.72 Å². The average molecular weight is 287 g/mol. The molecule has 0 aromatic heterocycles. The third kappa shape index (κ3) is 5.59. The minimum atomic E-state index is -3.47. The van der Waals surface area contributed by atoms with Crippen molar-refractivity contribution in [3.05, 3.63) is 29.8 Å². The molecule has 6 heteroatoms. The summed E-state index contributed by atoms with van der Waals surface area (Å²) in [5.41, 5.74) is 0.956. The standard InChI is InChI=1S/C13H21NO4S/c1-10(2)18-8-9-19(16,17)14-13-7-5-4-6-12(13)11(3)15/h4-7,10-11,14-15H,8-9H2,1-3H3. The van der Waals surface area contributed by atoms with Gasteiger partial charge in [-0.25, -0.2) is 8.42 Å². The fraction of sp³-hybridized carbons (Fsp3) is 0.538. The molecule has 1 aromatic rings. The van der Waals surface area contributed by atoms with Gasteiger partial charge in [0.2, 0.25) is 10.0 Å². The van der Waals surface area contributed by atoms with Crippen LogP contribution in [0, 0.1) is 0 Å². The van der Waals surface area contributed by atoms with Crippen LogP contribution in [0.1, 0.15) is 32.4 Å². The highest BCUT2D eigenvalue weighted by Gasteiger charge is 2.14. The first-order chi connectivity index (χ1) is 8.82. The molecule has 0 saturated carbocycles. The molecule has 0 bridgehead atoms. The molecule has 0 aliphatic rings. The van der Waals surface area contributed by atoms with Crippen molar-refractivity contribution in [3.8, 4) is 0 Å². The molecular formula is C13H21NO4S. The first kappa shape index (κ1) is 15.9. The van der Waals surface area contributed by atoms with Gasteiger partial charge in [-0.1, -0.05) is 18.2 Å². The van der Waals surface area contributed by atoms with Gasteiger partial charge in [0.05, 0.1) is 30.3 Å². The van der Waals surface area contributed by atoms with Crippen molar-refractivity contribution in [2.45, 2.75) is 33.0 Å². The number of para-hydroxylation sites is 1. The largest absolute Gasteiger partial charge is 0.389 e. The second kappa shape index (κ2) is 6.88. The number of aliphatic hydroxyl groups is 1. The maximum absolute atomic E-state index is 11.9. The van der Waals surface area contributed by atoms with Gasteiger partial charge in [-0.15, -0.1) is 0 Å². The van der Waals surface area contributed by atoms with Crippen molar-refractivity contribution in [2.75, 3.05) is 17.1 Å². The van der Waals surface area contributed by atoms with E-state index < -0.39 is 16.1 Å². The SMILES string of the molecule is CC(C)OCCS(=O)(=O)Nc1ccccc1C(C)O. The van der Waals surface area contributed by atoms with Crippen molar-refractivity contribution >= 4 is 15.7 Å². The zero-order chi connectivity index (χ0) is 14.5. The molecule has 0 fully saturated rings. The summed E-state index contributed by atoms with van der Waals surface area (Å²) in [4.78, 5) is 0. The van der Waals surface area contributed by atoms with Crippen LogP contribution >= 0.6 is 0 Å². The van der Waals surface area contributed by atoms with Gasteiger partial charge in [-0.3, -0.25) is 4.72 Å². The molecule has 0 aliphatic carbocycles. The second-order valence-electron chi connectivity index (χ2n) is 4.60. The van der Waals surface area contributed by atoms with E-state index in [0.717, 1.165) is 0 Å². The molecule has 0 radical (unpaired) electrons. The Morgan fingerprint density at radius 3 is 2.47 bits per heavy atom. The van der Waals surface area contributed by atoms with Crippen LogP contribution in [0.15, 0.2) is 24.3 Å². The monoisotopic (exact) mass is 287 g/mol. The molecule has 0 heterocycles. The van der Waals surface area contributed by atoms with Gasteiger partial charge in [0.15, 0.2) is 0 Å². The Labute approximate surface area is 114 Å². The van der Waals surface area contributed by atoms with Gasteiger partial charge in [0.25, 0.3) is 0 Å². The van der Waals surface area contributed by atoms with Gasteiger partial charge < -0.3 is 9.84 Å². The van der Waals surface area contributed by atoms with Crippen LogP contribution in [-0.2, 0) is 14.8 Å². The lowest BCUT2D eigenvalue weighted by atomic mass is 10.1. The van der Waals surface area contributed by atoms with Gasteiger partial charge in [0, 0.05) is 5.56 Å². The summed E-state index contributed by atoms with van der Waals surface area (Å²) in [5.74, 6) is -0.112. The fourth-order valence-electron chi connectivity index (χ4n) is 1.57. The van der Waals surface area contributed by atoms with Crippen LogP contribution in [0.2, 0.25) is 0 Å². The molecule has 2 N–H and O–H groups in total. The summed E-state index contributed by atoms with van der Waals surface area (Å²) >= 11 is 0. The molecular weight excluding hydrogens is 266 g/mol. The summed E-state index contributed by atoms with van der Waals surface area (Å²) in [7, 11) is -3.47. The normalized spacial score (nSPS) is 13.5. The minimum absolute atomic E-state index is 0.0000460. The van der Waals surface area contributed by atoms with Gasteiger partial charge in [-0.2, -0.15) is 0 Å². The van der Waals surface area contributed by atoms with E-state index in [-0.39, 0.29) is 18.5 Å². The number of hydrogen-bond donors (Lipinski definition) is 2. The lowest BCUT2D eigenvalue weighted by Gasteiger charge is -2.14. The van der Waals surface area contributed by atoms with Crippen molar-refractivity contribution in [2.24, 2.45) is 0 Å². The molecule has 1 unspecified atom stereocenters. The zero-order valence-corrected chi connectivity index (χ0v) is 12.3. The van der Waals surface area contributed by atoms with Gasteiger partial charge in [-0.05, 0) is 26.8 Å². The Kier molecular flexibility index (Phi) is 5.78. The van der Waals surface area contributed by atoms with Crippen LogP contribution in [0.4, 0.5) is 5.69 Å². The third-order valence-corrected chi connectivity index (χ3v) is 3.71. The topological polar surface area (TPSA) is 75.6 Å². The van der Waals surface area contributed by atoms with Crippen LogP contribution < -0.4 is 4.72 Å². The van der Waals surface area contributed by atoms with Crippen LogP contribution in [0.25, 0.3) is 0 Å². The Balaban J connectivity index is 2.73. The highest BCUT2D eigenvalue weighted by Crippen LogP contribution is 2.23. The second-order valence-corrected chi connectivity index (χ2v) is 6.45. The Bertz CT molecular complexity index is 497. The highest BCUT2D eigenvalue weighted by atomic mass is 32.2. The van der Waals surface area contributed by atoms with Crippen molar-refractivity contribution in [1.29, 1.82) is 0 Å². The molecule has 19 heavy (non-hydrogen) atoms.